The van der Waals surface area contributed by atoms with Gasteiger partial charge in [0.15, 0.2) is 5.22 Å². The van der Waals surface area contributed by atoms with Crippen LogP contribution in [-0.2, 0) is 10.0 Å². The number of piperidine rings is 1. The van der Waals surface area contributed by atoms with E-state index in [-0.39, 0.29) is 12.0 Å². The molecular weight excluding hydrogens is 302 g/mol. The molecule has 0 bridgehead atoms. The summed E-state index contributed by atoms with van der Waals surface area (Å²) in [7, 11) is -3.12. The van der Waals surface area contributed by atoms with Crippen molar-refractivity contribution in [2.75, 3.05) is 19.3 Å². The summed E-state index contributed by atoms with van der Waals surface area (Å²) in [6, 6.07) is 3.29. The molecule has 8 heteroatoms. The number of hydrogen-bond donors (Lipinski definition) is 2. The Morgan fingerprint density at radius 3 is 2.90 bits per heavy atom. The highest BCUT2D eigenvalue weighted by molar-refractivity contribution is 7.88. The van der Waals surface area contributed by atoms with Crippen molar-refractivity contribution >= 4 is 21.6 Å². The zero-order valence-corrected chi connectivity index (χ0v) is 13.0. The van der Waals surface area contributed by atoms with Crippen LogP contribution >= 0.6 is 11.6 Å². The number of furan rings is 1. The van der Waals surface area contributed by atoms with Crippen molar-refractivity contribution in [1.82, 2.24) is 9.73 Å². The summed E-state index contributed by atoms with van der Waals surface area (Å²) in [5.41, 5.74) is 2.71. The van der Waals surface area contributed by atoms with Gasteiger partial charge in [-0.2, -0.15) is 0 Å². The second-order valence-corrected chi connectivity index (χ2v) is 7.58. The standard InChI is InChI=1S/C12H20ClN3O3S/c1-20(17,18)16-6-2-3-9(8-16)7-10(15-14)11-4-5-12(13)19-11/h4-5,9-10,15H,2-3,6-8,14H2,1H3. The topological polar surface area (TPSA) is 88.6 Å². The number of rotatable bonds is 5. The lowest BCUT2D eigenvalue weighted by atomic mass is 9.92. The van der Waals surface area contributed by atoms with E-state index in [0.717, 1.165) is 12.8 Å². The Hall–Kier alpha value is -0.600. The summed E-state index contributed by atoms with van der Waals surface area (Å²) in [6.45, 7) is 1.13. The first-order valence-electron chi connectivity index (χ1n) is 6.56. The molecule has 0 amide bonds. The molecule has 1 aliphatic heterocycles. The van der Waals surface area contributed by atoms with Gasteiger partial charge in [-0.05, 0) is 48.9 Å². The number of hydrazine groups is 1. The van der Waals surface area contributed by atoms with Crippen LogP contribution in [0.1, 0.15) is 31.1 Å². The maximum atomic E-state index is 11.6. The monoisotopic (exact) mass is 321 g/mol. The fraction of sp³-hybridized carbons (Fsp3) is 0.667. The number of nitrogens with zero attached hydrogens (tertiary/aromatic N) is 1. The predicted molar refractivity (Wildman–Crippen MR) is 77.5 cm³/mol. The van der Waals surface area contributed by atoms with Crippen molar-refractivity contribution in [3.05, 3.63) is 23.1 Å². The molecule has 1 saturated heterocycles. The van der Waals surface area contributed by atoms with Gasteiger partial charge >= 0.3 is 0 Å². The van der Waals surface area contributed by atoms with E-state index in [1.54, 1.807) is 12.1 Å². The lowest BCUT2D eigenvalue weighted by Gasteiger charge is -2.32. The summed E-state index contributed by atoms with van der Waals surface area (Å²) in [5, 5.41) is 0.321. The van der Waals surface area contributed by atoms with Gasteiger partial charge in [-0.15, -0.1) is 0 Å². The van der Waals surface area contributed by atoms with Crippen molar-refractivity contribution in [3.8, 4) is 0 Å². The summed E-state index contributed by atoms with van der Waals surface area (Å²) in [5.74, 6) is 6.49. The first kappa shape index (κ1) is 15.8. The average molecular weight is 322 g/mol. The molecule has 114 valence electrons. The lowest BCUT2D eigenvalue weighted by molar-refractivity contribution is 0.230. The smallest absolute Gasteiger partial charge is 0.211 e. The van der Waals surface area contributed by atoms with Gasteiger partial charge in [0.25, 0.3) is 0 Å². The molecule has 0 radical (unpaired) electrons. The van der Waals surface area contributed by atoms with Gasteiger partial charge in [0.1, 0.15) is 5.76 Å². The Kier molecular flexibility index (Phi) is 5.09. The number of halogens is 1. The predicted octanol–water partition coefficient (Wildman–Crippen LogP) is 1.50. The Bertz CT molecular complexity index is 546. The highest BCUT2D eigenvalue weighted by Gasteiger charge is 2.28. The van der Waals surface area contributed by atoms with Crippen molar-refractivity contribution in [2.45, 2.75) is 25.3 Å². The number of hydrogen-bond acceptors (Lipinski definition) is 5. The fourth-order valence-corrected chi connectivity index (χ4v) is 3.73. The number of sulfonamides is 1. The minimum absolute atomic E-state index is 0.160. The van der Waals surface area contributed by atoms with Crippen molar-refractivity contribution in [3.63, 3.8) is 0 Å². The molecule has 2 heterocycles. The fourth-order valence-electron chi connectivity index (χ4n) is 2.64. The Morgan fingerprint density at radius 2 is 2.35 bits per heavy atom. The van der Waals surface area contributed by atoms with Crippen LogP contribution in [0.4, 0.5) is 0 Å². The van der Waals surface area contributed by atoms with E-state index in [9.17, 15) is 8.42 Å². The summed E-state index contributed by atoms with van der Waals surface area (Å²) in [6.07, 6.45) is 3.82. The molecule has 2 rings (SSSR count). The normalized spacial score (nSPS) is 22.9. The molecule has 1 aliphatic rings. The van der Waals surface area contributed by atoms with E-state index in [1.165, 1.54) is 10.6 Å². The minimum Gasteiger partial charge on any atom is -0.448 e. The SMILES string of the molecule is CS(=O)(=O)N1CCCC(CC(NN)c2ccc(Cl)o2)C1. The van der Waals surface area contributed by atoms with E-state index < -0.39 is 10.0 Å². The molecule has 6 nitrogen and oxygen atoms in total. The quantitative estimate of drug-likeness (QED) is 0.633. The lowest BCUT2D eigenvalue weighted by Crippen LogP contribution is -2.41. The average Bonchev–Trinajstić information content (AvgIpc) is 2.82. The minimum atomic E-state index is -3.12. The highest BCUT2D eigenvalue weighted by Crippen LogP contribution is 2.29. The van der Waals surface area contributed by atoms with Crippen LogP contribution in [0.15, 0.2) is 16.5 Å². The molecule has 0 spiro atoms. The Morgan fingerprint density at radius 1 is 1.60 bits per heavy atom. The molecule has 0 aliphatic carbocycles. The van der Waals surface area contributed by atoms with Gasteiger partial charge < -0.3 is 4.42 Å². The molecule has 1 aromatic rings. The molecule has 20 heavy (non-hydrogen) atoms. The second kappa shape index (κ2) is 6.44. The van der Waals surface area contributed by atoms with E-state index in [1.807, 2.05) is 0 Å². The largest absolute Gasteiger partial charge is 0.448 e. The maximum Gasteiger partial charge on any atom is 0.211 e. The molecule has 0 saturated carbocycles. The van der Waals surface area contributed by atoms with Crippen LogP contribution in [0.25, 0.3) is 0 Å². The van der Waals surface area contributed by atoms with Gasteiger partial charge in [0.2, 0.25) is 10.0 Å². The van der Waals surface area contributed by atoms with Gasteiger partial charge in [-0.3, -0.25) is 5.84 Å². The summed E-state index contributed by atoms with van der Waals surface area (Å²) in [4.78, 5) is 0. The highest BCUT2D eigenvalue weighted by atomic mass is 35.5. The molecule has 0 aromatic carbocycles. The van der Waals surface area contributed by atoms with Crippen LogP contribution in [0.5, 0.6) is 0 Å². The van der Waals surface area contributed by atoms with Crippen molar-refractivity contribution in [1.29, 1.82) is 0 Å². The van der Waals surface area contributed by atoms with Crippen LogP contribution in [0, 0.1) is 5.92 Å². The first-order chi connectivity index (χ1) is 9.40. The third-order valence-corrected chi connectivity index (χ3v) is 5.13. The second-order valence-electron chi connectivity index (χ2n) is 5.23. The zero-order valence-electron chi connectivity index (χ0n) is 11.4. The van der Waals surface area contributed by atoms with Crippen LogP contribution in [0.2, 0.25) is 5.22 Å². The zero-order chi connectivity index (χ0) is 14.8. The summed E-state index contributed by atoms with van der Waals surface area (Å²) < 4.78 is 30.1. The van der Waals surface area contributed by atoms with E-state index in [4.69, 9.17) is 21.9 Å². The first-order valence-corrected chi connectivity index (χ1v) is 8.79. The van der Waals surface area contributed by atoms with E-state index in [2.05, 4.69) is 5.43 Å². The molecular formula is C12H20ClN3O3S. The molecule has 2 atom stereocenters. The number of nitrogens with two attached hydrogens (primary N) is 1. The molecule has 2 unspecified atom stereocenters. The third kappa shape index (κ3) is 3.95. The van der Waals surface area contributed by atoms with E-state index in [0.29, 0.717) is 30.5 Å². The third-order valence-electron chi connectivity index (χ3n) is 3.66. The van der Waals surface area contributed by atoms with Gasteiger partial charge in [0, 0.05) is 13.1 Å². The molecule has 1 fully saturated rings. The van der Waals surface area contributed by atoms with Crippen LogP contribution in [0.3, 0.4) is 0 Å². The summed E-state index contributed by atoms with van der Waals surface area (Å²) >= 11 is 5.76. The Balaban J connectivity index is 2.01. The van der Waals surface area contributed by atoms with E-state index >= 15 is 0 Å². The Labute approximate surface area is 124 Å². The van der Waals surface area contributed by atoms with Crippen molar-refractivity contribution < 1.29 is 12.8 Å². The van der Waals surface area contributed by atoms with Gasteiger partial charge in [-0.1, -0.05) is 0 Å². The van der Waals surface area contributed by atoms with Crippen LogP contribution in [-0.4, -0.2) is 32.1 Å². The maximum absolute atomic E-state index is 11.6. The molecule has 3 N–H and O–H groups in total. The molecule has 1 aromatic heterocycles. The van der Waals surface area contributed by atoms with Crippen LogP contribution < -0.4 is 11.3 Å². The van der Waals surface area contributed by atoms with Gasteiger partial charge in [-0.25, -0.2) is 18.1 Å². The van der Waals surface area contributed by atoms with Gasteiger partial charge in [0.05, 0.1) is 12.3 Å². The van der Waals surface area contributed by atoms with Crippen molar-refractivity contribution in [2.24, 2.45) is 11.8 Å². The number of nitrogens with one attached hydrogen (secondary N) is 1.